The minimum Gasteiger partial charge on any atom is -1.00 e. The molecule has 0 aliphatic heterocycles. The Bertz CT molecular complexity index is 1720. The number of nitrogens with two attached hydrogens (primary N) is 2. The molecule has 18 heteroatoms. The van der Waals surface area contributed by atoms with Gasteiger partial charge in [0, 0.05) is 31.8 Å². The molecule has 2 aromatic heterocycles. The van der Waals surface area contributed by atoms with Crippen molar-refractivity contribution < 1.29 is 54.8 Å². The molecule has 0 aliphatic carbocycles. The van der Waals surface area contributed by atoms with E-state index in [1.807, 2.05) is 31.3 Å². The van der Waals surface area contributed by atoms with Gasteiger partial charge in [0.05, 0.1) is 26.2 Å². The molecule has 49 heavy (non-hydrogen) atoms. The van der Waals surface area contributed by atoms with Crippen molar-refractivity contribution in [3.63, 3.8) is 0 Å². The van der Waals surface area contributed by atoms with E-state index in [1.165, 1.54) is 0 Å². The summed E-state index contributed by atoms with van der Waals surface area (Å²) in [5, 5.41) is 26.2. The van der Waals surface area contributed by atoms with E-state index in [0.717, 1.165) is 11.1 Å². The number of esters is 1. The van der Waals surface area contributed by atoms with Crippen LogP contribution in [0.1, 0.15) is 25.7 Å². The molecule has 258 valence electrons. The normalized spacial score (nSPS) is 10.2. The fourth-order valence-electron chi connectivity index (χ4n) is 3.37. The van der Waals surface area contributed by atoms with Crippen LogP contribution in [0.2, 0.25) is 15.1 Å². The number of nitrogens with one attached hydrogen (secondary N) is 2. The minimum atomic E-state index is -0.199. The largest absolute Gasteiger partial charge is 1.00 e. The zero-order chi connectivity index (χ0) is 35.3. The molecule has 2 heterocycles. The Balaban J connectivity index is 0.000000648. The SMILES string of the molecule is CCOC(=O)CNC.CNCc1nc(-c2cccc(Cl)c2)no1.N/C(=N\O)c1cccc(Cl)c1.NCc1nc(-c2cccc(Cl)c2)no1.[H-].[Na+]. The molecule has 0 saturated heterocycles. The maximum Gasteiger partial charge on any atom is 1.00 e. The number of nitrogens with zero attached hydrogens (tertiary/aromatic N) is 5. The van der Waals surface area contributed by atoms with Crippen LogP contribution >= 0.6 is 34.8 Å². The molecule has 0 aliphatic rings. The number of ether oxygens (including phenoxy) is 1. The summed E-state index contributed by atoms with van der Waals surface area (Å²) in [6.45, 7) is 3.35. The van der Waals surface area contributed by atoms with Gasteiger partial charge in [-0.15, -0.1) is 0 Å². The van der Waals surface area contributed by atoms with Crippen molar-refractivity contribution in [1.29, 1.82) is 0 Å². The van der Waals surface area contributed by atoms with Crippen molar-refractivity contribution in [2.24, 2.45) is 16.6 Å². The Morgan fingerprint density at radius 2 is 1.39 bits per heavy atom. The zero-order valence-corrected chi connectivity index (χ0v) is 31.6. The Labute approximate surface area is 322 Å². The number of amidine groups is 1. The Morgan fingerprint density at radius 3 is 1.82 bits per heavy atom. The topological polar surface area (TPSA) is 213 Å². The van der Waals surface area contributed by atoms with Crippen molar-refractivity contribution in [3.8, 4) is 22.8 Å². The average Bonchev–Trinajstić information content (AvgIpc) is 3.76. The number of rotatable bonds is 9. The van der Waals surface area contributed by atoms with Gasteiger partial charge in [-0.05, 0) is 57.4 Å². The van der Waals surface area contributed by atoms with Gasteiger partial charge in [-0.25, -0.2) is 0 Å². The van der Waals surface area contributed by atoms with Crippen LogP contribution in [0.4, 0.5) is 0 Å². The second kappa shape index (κ2) is 24.5. The molecule has 0 radical (unpaired) electrons. The van der Waals surface area contributed by atoms with Crippen molar-refractivity contribution in [2.75, 3.05) is 27.2 Å². The number of carbonyl (C=O) groups excluding carboxylic acids is 1. The number of likely N-dealkylation sites (N-methyl/N-ethyl adjacent to an activating group) is 1. The summed E-state index contributed by atoms with van der Waals surface area (Å²) in [6, 6.07) is 21.4. The number of hydrogen-bond acceptors (Lipinski definition) is 13. The molecule has 14 nitrogen and oxygen atoms in total. The average molecular weight is 745 g/mol. The number of aromatic nitrogens is 4. The van der Waals surface area contributed by atoms with E-state index in [4.69, 9.17) is 60.5 Å². The third kappa shape index (κ3) is 16.6. The fourth-order valence-corrected chi connectivity index (χ4v) is 3.94. The maximum absolute atomic E-state index is 10.4. The molecule has 0 fully saturated rings. The van der Waals surface area contributed by atoms with Gasteiger partial charge in [0.15, 0.2) is 5.84 Å². The molecule has 0 amide bonds. The number of carbonyl (C=O) groups is 1. The first-order valence-corrected chi connectivity index (χ1v) is 15.3. The predicted octanol–water partition coefficient (Wildman–Crippen LogP) is 2.28. The van der Waals surface area contributed by atoms with E-state index in [0.29, 0.717) is 63.8 Å². The summed E-state index contributed by atoms with van der Waals surface area (Å²) >= 11 is 17.3. The van der Waals surface area contributed by atoms with Gasteiger partial charge < -0.3 is 42.5 Å². The monoisotopic (exact) mass is 743 g/mol. The molecule has 0 spiro atoms. The Kier molecular flexibility index (Phi) is 21.8. The zero-order valence-electron chi connectivity index (χ0n) is 28.4. The van der Waals surface area contributed by atoms with Gasteiger partial charge in [-0.3, -0.25) is 4.79 Å². The van der Waals surface area contributed by atoms with Crippen LogP contribution in [0, 0.1) is 0 Å². The third-order valence-corrected chi connectivity index (χ3v) is 6.16. The summed E-state index contributed by atoms with van der Waals surface area (Å²) in [5.74, 6) is 1.91. The van der Waals surface area contributed by atoms with Crippen LogP contribution in [-0.4, -0.2) is 64.5 Å². The van der Waals surface area contributed by atoms with Gasteiger partial charge in [0.25, 0.3) is 0 Å². The first kappa shape index (κ1) is 43.5. The van der Waals surface area contributed by atoms with E-state index in [2.05, 4.69) is 40.8 Å². The number of hydrogen-bond donors (Lipinski definition) is 5. The summed E-state index contributed by atoms with van der Waals surface area (Å²) in [7, 11) is 3.53. The van der Waals surface area contributed by atoms with Crippen molar-refractivity contribution in [3.05, 3.63) is 105 Å². The Hall–Kier alpha value is -3.57. The first-order chi connectivity index (χ1) is 23.1. The van der Waals surface area contributed by atoms with Crippen LogP contribution in [0.5, 0.6) is 0 Å². The number of halogens is 3. The maximum atomic E-state index is 10.4. The Morgan fingerprint density at radius 1 is 0.878 bits per heavy atom. The fraction of sp³-hybridized carbons (Fsp3) is 0.226. The molecule has 0 bridgehead atoms. The third-order valence-electron chi connectivity index (χ3n) is 5.46. The first-order valence-electron chi connectivity index (χ1n) is 14.2. The number of benzene rings is 3. The number of oxime groups is 1. The van der Waals surface area contributed by atoms with E-state index in [1.54, 1.807) is 62.5 Å². The van der Waals surface area contributed by atoms with Crippen molar-refractivity contribution >= 4 is 46.6 Å². The van der Waals surface area contributed by atoms with Crippen LogP contribution < -0.4 is 51.7 Å². The second-order valence-electron chi connectivity index (χ2n) is 9.11. The molecule has 3 aromatic carbocycles. The van der Waals surface area contributed by atoms with Crippen LogP contribution in [0.25, 0.3) is 22.8 Å². The van der Waals surface area contributed by atoms with Crippen molar-refractivity contribution in [1.82, 2.24) is 30.9 Å². The van der Waals surface area contributed by atoms with E-state index < -0.39 is 0 Å². The van der Waals surface area contributed by atoms with E-state index in [-0.39, 0.29) is 49.3 Å². The summed E-state index contributed by atoms with van der Waals surface area (Å²) in [4.78, 5) is 18.6. The molecular weight excluding hydrogens is 708 g/mol. The van der Waals surface area contributed by atoms with E-state index >= 15 is 0 Å². The summed E-state index contributed by atoms with van der Waals surface area (Å²) < 4.78 is 14.5. The van der Waals surface area contributed by atoms with Crippen molar-refractivity contribution in [2.45, 2.75) is 20.0 Å². The van der Waals surface area contributed by atoms with Crippen LogP contribution in [-0.2, 0) is 22.6 Å². The van der Waals surface area contributed by atoms with Gasteiger partial charge in [-0.1, -0.05) is 86.7 Å². The van der Waals surface area contributed by atoms with Crippen LogP contribution in [0.15, 0.2) is 87.0 Å². The van der Waals surface area contributed by atoms with Gasteiger partial charge >= 0.3 is 35.5 Å². The molecule has 0 atom stereocenters. The van der Waals surface area contributed by atoms with Crippen LogP contribution in [0.3, 0.4) is 0 Å². The van der Waals surface area contributed by atoms with E-state index in [9.17, 15) is 4.79 Å². The second-order valence-corrected chi connectivity index (χ2v) is 10.4. The molecule has 0 saturated carbocycles. The van der Waals surface area contributed by atoms with Gasteiger partial charge in [-0.2, -0.15) is 9.97 Å². The molecular formula is C31H37Cl3N9NaO5. The molecule has 7 N–H and O–H groups in total. The van der Waals surface area contributed by atoms with Gasteiger partial charge in [0.1, 0.15) is 0 Å². The molecule has 5 rings (SSSR count). The van der Waals surface area contributed by atoms with Gasteiger partial charge in [0.2, 0.25) is 23.4 Å². The molecule has 5 aromatic rings. The quantitative estimate of drug-likeness (QED) is 0.0367. The molecule has 0 unspecified atom stereocenters. The standard InChI is InChI=1S/C10H10ClN3O.C9H8ClN3O.C7H7ClN2O.C5H11NO2.Na.H/c1-12-6-9-13-10(14-15-9)7-3-2-4-8(11)5-7;10-7-3-1-2-6(4-7)9-12-8(5-11)14-13-9;8-6-3-1-2-5(4-6)7(9)10-11;1-3-8-5(7)4-6-2;;/h2-5,12H,6H2,1H3;1-4H,5,11H2;1-4,11H,(H2,9,10);6H,3-4H2,1-2H3;;/q;;;;+1;-1. The smallest absolute Gasteiger partial charge is 1.00 e. The minimum absolute atomic E-state index is 0. The summed E-state index contributed by atoms with van der Waals surface area (Å²) in [6.07, 6.45) is 0. The predicted molar refractivity (Wildman–Crippen MR) is 186 cm³/mol. The summed E-state index contributed by atoms with van der Waals surface area (Å²) in [5.41, 5.74) is 12.9.